The maximum Gasteiger partial charge on any atom is 0.0604 e. The molecule has 0 saturated heterocycles. The molecule has 1 aliphatic rings. The van der Waals surface area contributed by atoms with Crippen LogP contribution in [0.15, 0.2) is 0 Å². The van der Waals surface area contributed by atoms with Crippen LogP contribution in [0.5, 0.6) is 0 Å². The van der Waals surface area contributed by atoms with Crippen LogP contribution in [0, 0.1) is 11.8 Å². The van der Waals surface area contributed by atoms with Gasteiger partial charge in [0.15, 0.2) is 0 Å². The van der Waals surface area contributed by atoms with E-state index in [-0.39, 0.29) is 0 Å². The summed E-state index contributed by atoms with van der Waals surface area (Å²) in [6.07, 6.45) is 5.49. The zero-order valence-corrected chi connectivity index (χ0v) is 11.5. The molecule has 0 aromatic heterocycles. The quantitative estimate of drug-likeness (QED) is 0.643. The molecule has 2 heteroatoms. The Labute approximate surface area is 101 Å². The van der Waals surface area contributed by atoms with E-state index in [0.29, 0.717) is 6.10 Å². The van der Waals surface area contributed by atoms with Crippen LogP contribution in [-0.4, -0.2) is 25.3 Å². The highest BCUT2D eigenvalue weighted by Crippen LogP contribution is 2.23. The van der Waals surface area contributed by atoms with E-state index in [4.69, 9.17) is 4.74 Å². The Hall–Kier alpha value is -0.0800. The van der Waals surface area contributed by atoms with Gasteiger partial charge in [-0.15, -0.1) is 0 Å². The lowest BCUT2D eigenvalue weighted by Gasteiger charge is -2.36. The van der Waals surface area contributed by atoms with Crippen LogP contribution in [0.3, 0.4) is 0 Å². The fourth-order valence-corrected chi connectivity index (χ4v) is 2.01. The molecule has 0 aliphatic heterocycles. The number of rotatable bonds is 8. The van der Waals surface area contributed by atoms with E-state index < -0.39 is 0 Å². The minimum absolute atomic E-state index is 0.539. The van der Waals surface area contributed by atoms with Crippen LogP contribution in [0.4, 0.5) is 0 Å². The SMILES string of the molecule is CC(C)CCCOC1CC(NCC(C)C)C1. The highest BCUT2D eigenvalue weighted by atomic mass is 16.5. The van der Waals surface area contributed by atoms with Crippen LogP contribution >= 0.6 is 0 Å². The van der Waals surface area contributed by atoms with Gasteiger partial charge in [0, 0.05) is 12.6 Å². The molecular formula is C14H29NO. The summed E-state index contributed by atoms with van der Waals surface area (Å²) in [5.74, 6) is 1.57. The third-order valence-electron chi connectivity index (χ3n) is 3.19. The fraction of sp³-hybridized carbons (Fsp3) is 1.00. The average Bonchev–Trinajstić information content (AvgIpc) is 2.12. The van der Waals surface area contributed by atoms with E-state index in [2.05, 4.69) is 33.0 Å². The minimum Gasteiger partial charge on any atom is -0.378 e. The summed E-state index contributed by atoms with van der Waals surface area (Å²) in [5, 5.41) is 3.58. The molecule has 1 saturated carbocycles. The number of hydrogen-bond donors (Lipinski definition) is 1. The molecule has 0 atom stereocenters. The van der Waals surface area contributed by atoms with Crippen molar-refractivity contribution in [2.75, 3.05) is 13.2 Å². The van der Waals surface area contributed by atoms with Crippen LogP contribution < -0.4 is 5.32 Å². The van der Waals surface area contributed by atoms with Crippen molar-refractivity contribution in [2.24, 2.45) is 11.8 Å². The summed E-state index contributed by atoms with van der Waals surface area (Å²) in [5.41, 5.74) is 0. The van der Waals surface area contributed by atoms with Crippen molar-refractivity contribution in [3.63, 3.8) is 0 Å². The zero-order valence-electron chi connectivity index (χ0n) is 11.5. The summed E-state index contributed by atoms with van der Waals surface area (Å²) in [7, 11) is 0. The van der Waals surface area contributed by atoms with Gasteiger partial charge in [-0.05, 0) is 44.1 Å². The van der Waals surface area contributed by atoms with Crippen LogP contribution in [-0.2, 0) is 4.74 Å². The van der Waals surface area contributed by atoms with Crippen molar-refractivity contribution < 1.29 is 4.74 Å². The standard InChI is InChI=1S/C14H29NO/c1-11(2)6-5-7-16-14-8-13(9-14)15-10-12(3)4/h11-15H,5-10H2,1-4H3. The second kappa shape index (κ2) is 7.29. The summed E-state index contributed by atoms with van der Waals surface area (Å²) < 4.78 is 5.83. The first-order valence-electron chi connectivity index (χ1n) is 6.93. The zero-order chi connectivity index (χ0) is 12.0. The third kappa shape index (κ3) is 5.86. The van der Waals surface area contributed by atoms with Gasteiger partial charge < -0.3 is 10.1 Å². The first-order chi connectivity index (χ1) is 7.58. The Morgan fingerprint density at radius 1 is 1.12 bits per heavy atom. The van der Waals surface area contributed by atoms with E-state index in [1.807, 2.05) is 0 Å². The maximum atomic E-state index is 5.83. The minimum atomic E-state index is 0.539. The van der Waals surface area contributed by atoms with Gasteiger partial charge in [0.25, 0.3) is 0 Å². The lowest BCUT2D eigenvalue weighted by molar-refractivity contribution is -0.0189. The van der Waals surface area contributed by atoms with E-state index >= 15 is 0 Å². The van der Waals surface area contributed by atoms with Crippen molar-refractivity contribution in [3.05, 3.63) is 0 Å². The molecule has 0 unspecified atom stereocenters. The van der Waals surface area contributed by atoms with Crippen LogP contribution in [0.1, 0.15) is 53.4 Å². The summed E-state index contributed by atoms with van der Waals surface area (Å²) in [6.45, 7) is 11.2. The predicted molar refractivity (Wildman–Crippen MR) is 69.7 cm³/mol. The van der Waals surface area contributed by atoms with Gasteiger partial charge in [-0.2, -0.15) is 0 Å². The molecule has 16 heavy (non-hydrogen) atoms. The van der Waals surface area contributed by atoms with Crippen LogP contribution in [0.25, 0.3) is 0 Å². The highest BCUT2D eigenvalue weighted by molar-refractivity contribution is 4.86. The van der Waals surface area contributed by atoms with Gasteiger partial charge in [-0.25, -0.2) is 0 Å². The molecule has 0 aromatic carbocycles. The number of nitrogens with one attached hydrogen (secondary N) is 1. The molecule has 0 heterocycles. The first kappa shape index (κ1) is 14.0. The monoisotopic (exact) mass is 227 g/mol. The van der Waals surface area contributed by atoms with Gasteiger partial charge >= 0.3 is 0 Å². The molecule has 0 bridgehead atoms. The third-order valence-corrected chi connectivity index (χ3v) is 3.19. The molecule has 0 spiro atoms. The summed E-state index contributed by atoms with van der Waals surface area (Å²) in [6, 6.07) is 0.720. The van der Waals surface area contributed by atoms with Gasteiger partial charge in [0.1, 0.15) is 0 Å². The summed E-state index contributed by atoms with van der Waals surface area (Å²) >= 11 is 0. The van der Waals surface area contributed by atoms with E-state index in [1.165, 1.54) is 25.7 Å². The van der Waals surface area contributed by atoms with Crippen LogP contribution in [0.2, 0.25) is 0 Å². The molecule has 1 fully saturated rings. The molecule has 96 valence electrons. The second-order valence-corrected chi connectivity index (χ2v) is 6.00. The Bertz CT molecular complexity index is 171. The van der Waals surface area contributed by atoms with E-state index in [0.717, 1.165) is 31.0 Å². The fourth-order valence-electron chi connectivity index (χ4n) is 2.01. The van der Waals surface area contributed by atoms with Crippen molar-refractivity contribution in [1.82, 2.24) is 5.32 Å². The van der Waals surface area contributed by atoms with Gasteiger partial charge in [-0.3, -0.25) is 0 Å². The van der Waals surface area contributed by atoms with Crippen molar-refractivity contribution >= 4 is 0 Å². The molecule has 2 nitrogen and oxygen atoms in total. The van der Waals surface area contributed by atoms with Crippen molar-refractivity contribution in [1.29, 1.82) is 0 Å². The largest absolute Gasteiger partial charge is 0.378 e. The van der Waals surface area contributed by atoms with E-state index in [1.54, 1.807) is 0 Å². The number of hydrogen-bond acceptors (Lipinski definition) is 2. The highest BCUT2D eigenvalue weighted by Gasteiger charge is 2.29. The Morgan fingerprint density at radius 3 is 2.38 bits per heavy atom. The second-order valence-electron chi connectivity index (χ2n) is 6.00. The molecule has 0 aromatic rings. The molecule has 0 amide bonds. The Kier molecular flexibility index (Phi) is 6.37. The lowest BCUT2D eigenvalue weighted by Crippen LogP contribution is -2.46. The first-order valence-corrected chi connectivity index (χ1v) is 6.93. The predicted octanol–water partition coefficient (Wildman–Crippen LogP) is 3.22. The Balaban J connectivity index is 1.88. The van der Waals surface area contributed by atoms with Gasteiger partial charge in [0.2, 0.25) is 0 Å². The lowest BCUT2D eigenvalue weighted by atomic mass is 9.89. The topological polar surface area (TPSA) is 21.3 Å². The van der Waals surface area contributed by atoms with E-state index in [9.17, 15) is 0 Å². The molecule has 1 aliphatic carbocycles. The van der Waals surface area contributed by atoms with Gasteiger partial charge in [-0.1, -0.05) is 27.7 Å². The molecule has 0 radical (unpaired) electrons. The maximum absolute atomic E-state index is 5.83. The normalized spacial score (nSPS) is 25.1. The molecule has 1 rings (SSSR count). The molecule has 1 N–H and O–H groups in total. The van der Waals surface area contributed by atoms with Crippen molar-refractivity contribution in [3.8, 4) is 0 Å². The summed E-state index contributed by atoms with van der Waals surface area (Å²) in [4.78, 5) is 0. The number of ether oxygens (including phenoxy) is 1. The van der Waals surface area contributed by atoms with Gasteiger partial charge in [0.05, 0.1) is 6.10 Å². The Morgan fingerprint density at radius 2 is 1.81 bits per heavy atom. The smallest absolute Gasteiger partial charge is 0.0604 e. The molecular weight excluding hydrogens is 198 g/mol. The van der Waals surface area contributed by atoms with Crippen molar-refractivity contribution in [2.45, 2.75) is 65.5 Å². The average molecular weight is 227 g/mol.